The predicted molar refractivity (Wildman–Crippen MR) is 54.0 cm³/mol. The molecule has 0 saturated carbocycles. The summed E-state index contributed by atoms with van der Waals surface area (Å²) < 4.78 is 24.1. The van der Waals surface area contributed by atoms with Crippen LogP contribution in [0, 0.1) is 0 Å². The highest BCUT2D eigenvalue weighted by Gasteiger charge is 2.11. The van der Waals surface area contributed by atoms with Crippen molar-refractivity contribution in [3.05, 3.63) is 0 Å². The Bertz CT molecular complexity index is 280. The largest absolute Gasteiger partial charge is 0.282 e. The van der Waals surface area contributed by atoms with Crippen molar-refractivity contribution in [1.82, 2.24) is 9.73 Å². The minimum atomic E-state index is -3.17. The lowest BCUT2D eigenvalue weighted by Gasteiger charge is -2.22. The second-order valence-corrected chi connectivity index (χ2v) is 4.97. The molecule has 0 aromatic heterocycles. The fourth-order valence-corrected chi connectivity index (χ4v) is 1.56. The van der Waals surface area contributed by atoms with Crippen molar-refractivity contribution in [3.63, 3.8) is 0 Å². The van der Waals surface area contributed by atoms with Gasteiger partial charge < -0.3 is 0 Å². The average molecular weight is 207 g/mol. The highest BCUT2D eigenvalue weighted by atomic mass is 32.2. The second-order valence-electron chi connectivity index (χ2n) is 3.19. The molecule has 0 amide bonds. The number of nitrogens with one attached hydrogen (secondary N) is 1. The number of hydrogen-bond acceptors (Lipinski definition) is 4. The van der Waals surface area contributed by atoms with Gasteiger partial charge in [0.25, 0.3) is 0 Å². The number of hydrogen-bond donors (Lipinski definition) is 1. The van der Waals surface area contributed by atoms with Crippen molar-refractivity contribution in [1.29, 1.82) is 0 Å². The minimum Gasteiger partial charge on any atom is -0.282 e. The smallest absolute Gasteiger partial charge is 0.210 e. The first-order valence-corrected chi connectivity index (χ1v) is 5.83. The zero-order chi connectivity index (χ0) is 10.6. The molecule has 0 heterocycles. The molecule has 78 valence electrons. The summed E-state index contributed by atoms with van der Waals surface area (Å²) in [6.07, 6.45) is 0.796. The molecule has 0 aromatic rings. The Hall–Kier alpha value is -0.620. The monoisotopic (exact) mass is 207 g/mol. The molecule has 1 atom stereocenters. The summed E-state index contributed by atoms with van der Waals surface area (Å²) in [4.78, 5) is 0. The zero-order valence-electron chi connectivity index (χ0n) is 8.70. The van der Waals surface area contributed by atoms with Gasteiger partial charge in [-0.05, 0) is 20.8 Å². The third-order valence-corrected chi connectivity index (χ3v) is 2.07. The van der Waals surface area contributed by atoms with Crippen LogP contribution in [0.2, 0.25) is 0 Å². The van der Waals surface area contributed by atoms with E-state index < -0.39 is 10.0 Å². The van der Waals surface area contributed by atoms with Crippen molar-refractivity contribution in [2.75, 3.05) is 13.3 Å². The molecule has 0 aliphatic rings. The quantitative estimate of drug-likeness (QED) is 0.407. The first-order valence-electron chi connectivity index (χ1n) is 3.94. The standard InChI is InChI=1S/C7H17N3O2S/c1-6(2)8-10(4)7(3)9-13(5,11)12/h7,9H,1-5H3. The Labute approximate surface area is 79.9 Å². The van der Waals surface area contributed by atoms with Crippen LogP contribution < -0.4 is 4.72 Å². The fourth-order valence-electron chi connectivity index (χ4n) is 0.788. The van der Waals surface area contributed by atoms with E-state index in [1.54, 1.807) is 19.0 Å². The van der Waals surface area contributed by atoms with Gasteiger partial charge in [-0.15, -0.1) is 0 Å². The first kappa shape index (κ1) is 12.4. The summed E-state index contributed by atoms with van der Waals surface area (Å²) in [5.74, 6) is 0. The van der Waals surface area contributed by atoms with Gasteiger partial charge in [0.05, 0.1) is 6.26 Å². The average Bonchev–Trinajstić information content (AvgIpc) is 1.81. The summed E-state index contributed by atoms with van der Waals surface area (Å²) in [6.45, 7) is 5.43. The second kappa shape index (κ2) is 4.57. The van der Waals surface area contributed by atoms with E-state index in [0.29, 0.717) is 0 Å². The molecule has 0 bridgehead atoms. The van der Waals surface area contributed by atoms with Crippen LogP contribution >= 0.6 is 0 Å². The molecule has 0 radical (unpaired) electrons. The molecule has 0 rings (SSSR count). The van der Waals surface area contributed by atoms with Gasteiger partial charge in [-0.25, -0.2) is 8.42 Å². The maximum absolute atomic E-state index is 10.8. The molecule has 1 N–H and O–H groups in total. The molecule has 5 nitrogen and oxygen atoms in total. The Balaban J connectivity index is 4.28. The van der Waals surface area contributed by atoms with Crippen LogP contribution in [-0.2, 0) is 10.0 Å². The number of sulfonamides is 1. The third-order valence-electron chi connectivity index (χ3n) is 1.30. The van der Waals surface area contributed by atoms with E-state index >= 15 is 0 Å². The van der Waals surface area contributed by atoms with E-state index in [4.69, 9.17) is 0 Å². The summed E-state index contributed by atoms with van der Waals surface area (Å²) in [6, 6.07) is 0. The van der Waals surface area contributed by atoms with Crippen LogP contribution in [0.4, 0.5) is 0 Å². The third kappa shape index (κ3) is 6.53. The van der Waals surface area contributed by atoms with Crippen molar-refractivity contribution in [2.24, 2.45) is 5.10 Å². The van der Waals surface area contributed by atoms with Crippen molar-refractivity contribution in [2.45, 2.75) is 26.9 Å². The lowest BCUT2D eigenvalue weighted by molar-refractivity contribution is 0.257. The van der Waals surface area contributed by atoms with Crippen LogP contribution in [0.1, 0.15) is 20.8 Å². The molecule has 1 unspecified atom stereocenters. The van der Waals surface area contributed by atoms with Crippen LogP contribution in [0.15, 0.2) is 5.10 Å². The zero-order valence-corrected chi connectivity index (χ0v) is 9.51. The Kier molecular flexibility index (Phi) is 4.35. The molecule has 0 spiro atoms. The molecule has 0 saturated heterocycles. The SMILES string of the molecule is CC(C)=NN(C)C(C)NS(C)(=O)=O. The number of hydrazone groups is 1. The minimum absolute atomic E-state index is 0.329. The summed E-state index contributed by atoms with van der Waals surface area (Å²) in [5, 5.41) is 5.65. The lowest BCUT2D eigenvalue weighted by Crippen LogP contribution is -2.41. The Morgan fingerprint density at radius 1 is 1.46 bits per heavy atom. The molecule has 6 heteroatoms. The Morgan fingerprint density at radius 2 is 1.92 bits per heavy atom. The maximum Gasteiger partial charge on any atom is 0.210 e. The van der Waals surface area contributed by atoms with E-state index in [0.717, 1.165) is 12.0 Å². The topological polar surface area (TPSA) is 61.8 Å². The van der Waals surface area contributed by atoms with Gasteiger partial charge >= 0.3 is 0 Å². The first-order chi connectivity index (χ1) is 5.72. The van der Waals surface area contributed by atoms with Gasteiger partial charge in [-0.3, -0.25) is 5.01 Å². The van der Waals surface area contributed by atoms with Crippen LogP contribution in [0.3, 0.4) is 0 Å². The van der Waals surface area contributed by atoms with E-state index in [1.807, 2.05) is 13.8 Å². The summed E-state index contributed by atoms with van der Waals surface area (Å²) in [5.41, 5.74) is 0.879. The van der Waals surface area contributed by atoms with E-state index in [-0.39, 0.29) is 6.17 Å². The predicted octanol–water partition coefficient (Wildman–Crippen LogP) is 0.209. The van der Waals surface area contributed by atoms with Gasteiger partial charge in [0.1, 0.15) is 6.17 Å². The van der Waals surface area contributed by atoms with E-state index in [9.17, 15) is 8.42 Å². The molecular weight excluding hydrogens is 190 g/mol. The Morgan fingerprint density at radius 3 is 2.23 bits per heavy atom. The van der Waals surface area contributed by atoms with Gasteiger partial charge in [-0.2, -0.15) is 9.82 Å². The molecule has 0 fully saturated rings. The molecular formula is C7H17N3O2S. The number of rotatable bonds is 4. The lowest BCUT2D eigenvalue weighted by atomic mass is 10.5. The highest BCUT2D eigenvalue weighted by molar-refractivity contribution is 7.88. The normalized spacial score (nSPS) is 13.6. The molecule has 0 aliphatic heterocycles. The molecule has 13 heavy (non-hydrogen) atoms. The van der Waals surface area contributed by atoms with Gasteiger partial charge in [0, 0.05) is 12.8 Å². The summed E-state index contributed by atoms with van der Waals surface area (Å²) in [7, 11) is -1.45. The molecule has 0 aromatic carbocycles. The van der Waals surface area contributed by atoms with Crippen LogP contribution in [-0.4, -0.2) is 38.6 Å². The van der Waals surface area contributed by atoms with E-state index in [1.165, 1.54) is 0 Å². The van der Waals surface area contributed by atoms with Crippen LogP contribution in [0.25, 0.3) is 0 Å². The fraction of sp³-hybridized carbons (Fsp3) is 0.857. The maximum atomic E-state index is 10.8. The summed E-state index contributed by atoms with van der Waals surface area (Å²) >= 11 is 0. The van der Waals surface area contributed by atoms with Gasteiger partial charge in [0.15, 0.2) is 0 Å². The van der Waals surface area contributed by atoms with Crippen LogP contribution in [0.5, 0.6) is 0 Å². The van der Waals surface area contributed by atoms with Gasteiger partial charge in [0.2, 0.25) is 10.0 Å². The highest BCUT2D eigenvalue weighted by Crippen LogP contribution is 1.94. The van der Waals surface area contributed by atoms with E-state index in [2.05, 4.69) is 9.82 Å². The number of nitrogens with zero attached hydrogens (tertiary/aromatic N) is 2. The van der Waals surface area contributed by atoms with Crippen molar-refractivity contribution < 1.29 is 8.42 Å². The molecule has 0 aliphatic carbocycles. The van der Waals surface area contributed by atoms with Crippen molar-refractivity contribution in [3.8, 4) is 0 Å². The van der Waals surface area contributed by atoms with Gasteiger partial charge in [-0.1, -0.05) is 0 Å². The van der Waals surface area contributed by atoms with Crippen molar-refractivity contribution >= 4 is 15.7 Å².